The van der Waals surface area contributed by atoms with Crippen LogP contribution in [0.25, 0.3) is 34.1 Å². The van der Waals surface area contributed by atoms with Gasteiger partial charge in [-0.1, -0.05) is 23.4 Å². The Labute approximate surface area is 148 Å². The quantitative estimate of drug-likeness (QED) is 0.531. The lowest BCUT2D eigenvalue weighted by Gasteiger charge is -1.99. The van der Waals surface area contributed by atoms with Crippen LogP contribution in [0.2, 0.25) is 0 Å². The Balaban J connectivity index is 1.47. The van der Waals surface area contributed by atoms with E-state index in [1.165, 1.54) is 17.8 Å². The predicted molar refractivity (Wildman–Crippen MR) is 96.0 cm³/mol. The van der Waals surface area contributed by atoms with Gasteiger partial charge >= 0.3 is 0 Å². The lowest BCUT2D eigenvalue weighted by atomic mass is 10.1. The number of rotatable bonds is 4. The Morgan fingerprint density at radius 2 is 1.80 bits per heavy atom. The molecule has 122 valence electrons. The normalized spacial score (nSPS) is 13.9. The molecule has 3 heterocycles. The molecule has 3 aromatic heterocycles. The summed E-state index contributed by atoms with van der Waals surface area (Å²) in [7, 11) is 0. The van der Waals surface area contributed by atoms with E-state index >= 15 is 0 Å². The summed E-state index contributed by atoms with van der Waals surface area (Å²) in [4.78, 5) is 13.3. The Hall–Kier alpha value is -2.86. The van der Waals surface area contributed by atoms with Crippen LogP contribution < -0.4 is 0 Å². The third-order valence-electron chi connectivity index (χ3n) is 4.22. The highest BCUT2D eigenvalue weighted by molar-refractivity contribution is 7.10. The molecule has 0 amide bonds. The zero-order valence-electron chi connectivity index (χ0n) is 13.3. The predicted octanol–water partition coefficient (Wildman–Crippen LogP) is 4.80. The van der Waals surface area contributed by atoms with Crippen LogP contribution >= 0.6 is 11.3 Å². The molecule has 1 aliphatic rings. The standard InChI is InChI=1S/C19H14N4OS/c1-2-14(16-11-25-19(21-16)13-4-5-13)10-15(3-1)17-22-18(24-23-17)12-6-8-20-9-7-12/h1-3,6-11,13H,4-5H2. The van der Waals surface area contributed by atoms with Crippen LogP contribution in [-0.4, -0.2) is 20.1 Å². The van der Waals surface area contributed by atoms with Crippen LogP contribution in [0.4, 0.5) is 0 Å². The van der Waals surface area contributed by atoms with Crippen molar-refractivity contribution in [2.45, 2.75) is 18.8 Å². The van der Waals surface area contributed by atoms with Crippen molar-refractivity contribution < 1.29 is 4.52 Å². The first-order valence-electron chi connectivity index (χ1n) is 8.17. The third-order valence-corrected chi connectivity index (χ3v) is 5.23. The molecule has 25 heavy (non-hydrogen) atoms. The van der Waals surface area contributed by atoms with Crippen LogP contribution in [0, 0.1) is 0 Å². The number of benzene rings is 1. The molecule has 0 radical (unpaired) electrons. The van der Waals surface area contributed by atoms with Crippen molar-refractivity contribution in [3.63, 3.8) is 0 Å². The van der Waals surface area contributed by atoms with Gasteiger partial charge in [0.2, 0.25) is 5.82 Å². The monoisotopic (exact) mass is 346 g/mol. The van der Waals surface area contributed by atoms with Crippen molar-refractivity contribution in [1.82, 2.24) is 20.1 Å². The molecular formula is C19H14N4OS. The second kappa shape index (κ2) is 5.89. The van der Waals surface area contributed by atoms with Crippen molar-refractivity contribution in [1.29, 1.82) is 0 Å². The van der Waals surface area contributed by atoms with Gasteiger partial charge in [0.25, 0.3) is 5.89 Å². The summed E-state index contributed by atoms with van der Waals surface area (Å²) < 4.78 is 5.39. The highest BCUT2D eigenvalue weighted by Gasteiger charge is 2.26. The van der Waals surface area contributed by atoms with E-state index in [-0.39, 0.29) is 0 Å². The maximum Gasteiger partial charge on any atom is 0.258 e. The number of hydrogen-bond donors (Lipinski definition) is 0. The molecule has 1 saturated carbocycles. The van der Waals surface area contributed by atoms with E-state index in [0.717, 1.165) is 22.4 Å². The van der Waals surface area contributed by atoms with Gasteiger partial charge in [-0.25, -0.2) is 4.98 Å². The molecule has 0 aliphatic heterocycles. The molecule has 1 aliphatic carbocycles. The van der Waals surface area contributed by atoms with E-state index in [1.807, 2.05) is 24.3 Å². The summed E-state index contributed by atoms with van der Waals surface area (Å²) in [5.74, 6) is 1.75. The summed E-state index contributed by atoms with van der Waals surface area (Å²) in [5.41, 5.74) is 3.88. The minimum atomic E-state index is 0.493. The highest BCUT2D eigenvalue weighted by Crippen LogP contribution is 2.42. The number of hydrogen-bond acceptors (Lipinski definition) is 6. The van der Waals surface area contributed by atoms with Crippen molar-refractivity contribution in [3.05, 3.63) is 59.2 Å². The fraction of sp³-hybridized carbons (Fsp3) is 0.158. The average Bonchev–Trinajstić information content (AvgIpc) is 3.21. The van der Waals surface area contributed by atoms with Gasteiger partial charge in [-0.05, 0) is 31.0 Å². The van der Waals surface area contributed by atoms with Crippen LogP contribution in [-0.2, 0) is 0 Å². The van der Waals surface area contributed by atoms with Crippen molar-refractivity contribution in [2.24, 2.45) is 0 Å². The highest BCUT2D eigenvalue weighted by atomic mass is 32.1. The van der Waals surface area contributed by atoms with Gasteiger partial charge in [0.05, 0.1) is 10.7 Å². The molecule has 5 rings (SSSR count). The molecule has 0 saturated heterocycles. The van der Waals surface area contributed by atoms with E-state index in [2.05, 4.69) is 32.6 Å². The number of thiazole rings is 1. The van der Waals surface area contributed by atoms with Gasteiger partial charge < -0.3 is 4.52 Å². The maximum atomic E-state index is 5.39. The lowest BCUT2D eigenvalue weighted by molar-refractivity contribution is 0.432. The Morgan fingerprint density at radius 3 is 2.64 bits per heavy atom. The van der Waals surface area contributed by atoms with Gasteiger partial charge in [-0.2, -0.15) is 4.98 Å². The molecule has 0 unspecified atom stereocenters. The SMILES string of the molecule is c1cc(-c2csc(C3CC3)n2)cc(-c2noc(-c3ccncc3)n2)c1. The van der Waals surface area contributed by atoms with Crippen LogP contribution in [0.1, 0.15) is 23.8 Å². The van der Waals surface area contributed by atoms with Crippen LogP contribution in [0.5, 0.6) is 0 Å². The van der Waals surface area contributed by atoms with Crippen molar-refractivity contribution in [3.8, 4) is 34.1 Å². The minimum Gasteiger partial charge on any atom is -0.334 e. The smallest absolute Gasteiger partial charge is 0.258 e. The van der Waals surface area contributed by atoms with Crippen LogP contribution in [0.15, 0.2) is 58.7 Å². The van der Waals surface area contributed by atoms with Gasteiger partial charge in [0, 0.05) is 40.4 Å². The molecular weight excluding hydrogens is 332 g/mol. The minimum absolute atomic E-state index is 0.493. The summed E-state index contributed by atoms with van der Waals surface area (Å²) in [6.45, 7) is 0. The molecule has 4 aromatic rings. The van der Waals surface area contributed by atoms with Crippen LogP contribution in [0.3, 0.4) is 0 Å². The van der Waals surface area contributed by atoms with Crippen molar-refractivity contribution >= 4 is 11.3 Å². The average molecular weight is 346 g/mol. The fourth-order valence-electron chi connectivity index (χ4n) is 2.71. The Bertz CT molecular complexity index is 1020. The lowest BCUT2D eigenvalue weighted by Crippen LogP contribution is -1.85. The maximum absolute atomic E-state index is 5.39. The number of aromatic nitrogens is 4. The largest absolute Gasteiger partial charge is 0.334 e. The number of pyridine rings is 1. The molecule has 0 spiro atoms. The molecule has 0 N–H and O–H groups in total. The molecule has 0 atom stereocenters. The first kappa shape index (κ1) is 14.5. The first-order chi connectivity index (χ1) is 12.4. The second-order valence-electron chi connectivity index (χ2n) is 6.09. The number of nitrogens with zero attached hydrogens (tertiary/aromatic N) is 4. The first-order valence-corrected chi connectivity index (χ1v) is 9.05. The van der Waals surface area contributed by atoms with Gasteiger partial charge in [-0.15, -0.1) is 11.3 Å². The van der Waals surface area contributed by atoms with E-state index < -0.39 is 0 Å². The Kier molecular flexibility index (Phi) is 3.41. The van der Waals surface area contributed by atoms with Gasteiger partial charge in [-0.3, -0.25) is 4.98 Å². The van der Waals surface area contributed by atoms with E-state index in [9.17, 15) is 0 Å². The van der Waals surface area contributed by atoms with E-state index in [0.29, 0.717) is 17.6 Å². The molecule has 6 heteroatoms. The summed E-state index contributed by atoms with van der Waals surface area (Å²) >= 11 is 1.75. The molecule has 0 bridgehead atoms. The topological polar surface area (TPSA) is 64.7 Å². The van der Waals surface area contributed by atoms with E-state index in [1.54, 1.807) is 23.7 Å². The third kappa shape index (κ3) is 2.85. The fourth-order valence-corrected chi connectivity index (χ4v) is 3.71. The molecule has 1 fully saturated rings. The summed E-state index contributed by atoms with van der Waals surface area (Å²) in [6, 6.07) is 11.8. The second-order valence-corrected chi connectivity index (χ2v) is 6.97. The van der Waals surface area contributed by atoms with Gasteiger partial charge in [0.1, 0.15) is 0 Å². The zero-order valence-corrected chi connectivity index (χ0v) is 14.1. The zero-order chi connectivity index (χ0) is 16.6. The summed E-state index contributed by atoms with van der Waals surface area (Å²) in [6.07, 6.45) is 5.96. The van der Waals surface area contributed by atoms with E-state index in [4.69, 9.17) is 9.51 Å². The van der Waals surface area contributed by atoms with Gasteiger partial charge in [0.15, 0.2) is 0 Å². The Morgan fingerprint density at radius 1 is 0.960 bits per heavy atom. The van der Waals surface area contributed by atoms with Crippen molar-refractivity contribution in [2.75, 3.05) is 0 Å². The molecule has 1 aromatic carbocycles. The molecule has 5 nitrogen and oxygen atoms in total. The summed E-state index contributed by atoms with van der Waals surface area (Å²) in [5, 5.41) is 7.50.